The van der Waals surface area contributed by atoms with Gasteiger partial charge in [0.25, 0.3) is 0 Å². The molecule has 0 heterocycles. The Morgan fingerprint density at radius 3 is 1.82 bits per heavy atom. The quantitative estimate of drug-likeness (QED) is 0.214. The van der Waals surface area contributed by atoms with Crippen LogP contribution in [0.3, 0.4) is 0 Å². The summed E-state index contributed by atoms with van der Waals surface area (Å²) in [6.07, 6.45) is 0. The van der Waals surface area contributed by atoms with Gasteiger partial charge in [-0.25, -0.2) is 8.42 Å². The second-order valence-electron chi connectivity index (χ2n) is 9.04. The minimum Gasteiger partial charge on any atom is -0.333 e. The van der Waals surface area contributed by atoms with E-state index in [9.17, 15) is 13.2 Å². The lowest BCUT2D eigenvalue weighted by Crippen LogP contribution is -2.42. The zero-order valence-corrected chi connectivity index (χ0v) is 23.3. The van der Waals surface area contributed by atoms with Gasteiger partial charge < -0.3 is 4.90 Å². The molecule has 8 heteroatoms. The van der Waals surface area contributed by atoms with Gasteiger partial charge in [-0.05, 0) is 47.9 Å². The molecule has 196 valence electrons. The van der Waals surface area contributed by atoms with Crippen molar-refractivity contribution < 1.29 is 13.2 Å². The third kappa shape index (κ3) is 7.23. The van der Waals surface area contributed by atoms with E-state index < -0.39 is 10.0 Å². The van der Waals surface area contributed by atoms with Crippen LogP contribution in [0.1, 0.15) is 22.3 Å². The summed E-state index contributed by atoms with van der Waals surface area (Å²) in [4.78, 5) is 15.6. The van der Waals surface area contributed by atoms with Gasteiger partial charge in [-0.3, -0.25) is 4.79 Å². The molecule has 0 bridgehead atoms. The van der Waals surface area contributed by atoms with Crippen molar-refractivity contribution >= 4 is 39.1 Å². The fourth-order valence-electron chi connectivity index (χ4n) is 4.02. The first kappa shape index (κ1) is 27.9. The zero-order chi connectivity index (χ0) is 27.1. The van der Waals surface area contributed by atoms with Crippen molar-refractivity contribution in [2.24, 2.45) is 0 Å². The molecule has 4 aromatic carbocycles. The van der Waals surface area contributed by atoms with Crippen LogP contribution in [0.2, 0.25) is 10.0 Å². The number of sulfonamides is 1. The molecular weight excluding hydrogens is 539 g/mol. The lowest BCUT2D eigenvalue weighted by Gasteiger charge is -2.28. The van der Waals surface area contributed by atoms with Gasteiger partial charge in [0.2, 0.25) is 15.9 Å². The summed E-state index contributed by atoms with van der Waals surface area (Å²) in [5, 5.41) is 0.777. The largest absolute Gasteiger partial charge is 0.333 e. The molecule has 0 aromatic heterocycles. The summed E-state index contributed by atoms with van der Waals surface area (Å²) in [5.74, 6) is -0.321. The third-order valence-electron chi connectivity index (χ3n) is 6.12. The van der Waals surface area contributed by atoms with Crippen molar-refractivity contribution in [3.63, 3.8) is 0 Å². The molecule has 0 atom stereocenters. The first-order valence-electron chi connectivity index (χ1n) is 12.1. The molecule has 0 radical (unpaired) electrons. The predicted molar refractivity (Wildman–Crippen MR) is 152 cm³/mol. The normalized spacial score (nSPS) is 11.5. The van der Waals surface area contributed by atoms with Crippen LogP contribution in [-0.4, -0.2) is 30.1 Å². The molecule has 4 rings (SSSR count). The van der Waals surface area contributed by atoms with Gasteiger partial charge >= 0.3 is 0 Å². The molecule has 0 N–H and O–H groups in total. The Kier molecular flexibility index (Phi) is 9.23. The van der Waals surface area contributed by atoms with E-state index in [1.165, 1.54) is 4.31 Å². The number of benzene rings is 4. The maximum absolute atomic E-state index is 13.8. The third-order valence-corrected chi connectivity index (χ3v) is 8.51. The zero-order valence-electron chi connectivity index (χ0n) is 20.9. The van der Waals surface area contributed by atoms with Crippen LogP contribution >= 0.6 is 23.2 Å². The van der Waals surface area contributed by atoms with E-state index in [4.69, 9.17) is 23.2 Å². The number of hydrogen-bond acceptors (Lipinski definition) is 3. The van der Waals surface area contributed by atoms with Crippen molar-refractivity contribution in [1.29, 1.82) is 0 Å². The molecule has 0 aliphatic rings. The Balaban J connectivity index is 1.67. The molecule has 0 spiro atoms. The number of carbonyl (C=O) groups excluding carboxylic acids is 1. The average molecular weight is 568 g/mol. The first-order chi connectivity index (χ1) is 18.2. The molecule has 0 unspecified atom stereocenters. The number of aryl methyl sites for hydroxylation is 1. The number of rotatable bonds is 10. The minimum absolute atomic E-state index is 0.0809. The Morgan fingerprint density at radius 1 is 0.737 bits per heavy atom. The van der Waals surface area contributed by atoms with Gasteiger partial charge in [0.05, 0.1) is 11.4 Å². The summed E-state index contributed by atoms with van der Waals surface area (Å²) < 4.78 is 28.8. The van der Waals surface area contributed by atoms with Crippen LogP contribution in [0.15, 0.2) is 108 Å². The monoisotopic (exact) mass is 566 g/mol. The highest BCUT2D eigenvalue weighted by atomic mass is 35.5. The van der Waals surface area contributed by atoms with Gasteiger partial charge in [-0.2, -0.15) is 4.31 Å². The van der Waals surface area contributed by atoms with Crippen molar-refractivity contribution in [2.45, 2.75) is 31.5 Å². The Hall–Kier alpha value is -3.16. The van der Waals surface area contributed by atoms with E-state index in [2.05, 4.69) is 0 Å². The van der Waals surface area contributed by atoms with E-state index in [-0.39, 0.29) is 23.9 Å². The molecule has 5 nitrogen and oxygen atoms in total. The van der Waals surface area contributed by atoms with Gasteiger partial charge in [0, 0.05) is 29.7 Å². The fourth-order valence-corrected chi connectivity index (χ4v) is 5.85. The lowest BCUT2D eigenvalue weighted by molar-refractivity contribution is -0.132. The van der Waals surface area contributed by atoms with Gasteiger partial charge in [0.15, 0.2) is 0 Å². The fraction of sp³-hybridized carbons (Fsp3) is 0.167. The van der Waals surface area contributed by atoms with E-state index in [0.717, 1.165) is 16.7 Å². The smallest absolute Gasteiger partial charge is 0.243 e. The highest BCUT2D eigenvalue weighted by molar-refractivity contribution is 7.89. The standard InChI is InChI=1S/C30H28Cl2N2O3S/c1-23-12-16-28(17-13-23)38(36,37)34(21-26-14-15-27(31)18-29(26)32)22-30(35)33(19-24-8-4-2-5-9-24)20-25-10-6-3-7-11-25/h2-18H,19-22H2,1H3. The number of hydrogen-bond donors (Lipinski definition) is 0. The maximum Gasteiger partial charge on any atom is 0.243 e. The lowest BCUT2D eigenvalue weighted by atomic mass is 10.1. The van der Waals surface area contributed by atoms with Crippen LogP contribution < -0.4 is 0 Å². The minimum atomic E-state index is -4.02. The van der Waals surface area contributed by atoms with Crippen LogP contribution in [-0.2, 0) is 34.5 Å². The summed E-state index contributed by atoms with van der Waals surface area (Å²) in [6, 6.07) is 30.7. The summed E-state index contributed by atoms with van der Waals surface area (Å²) >= 11 is 12.5. The molecule has 1 amide bonds. The number of halogens is 2. The first-order valence-corrected chi connectivity index (χ1v) is 14.3. The van der Waals surface area contributed by atoms with Crippen molar-refractivity contribution in [3.8, 4) is 0 Å². The van der Waals surface area contributed by atoms with Crippen LogP contribution in [0, 0.1) is 6.92 Å². The number of carbonyl (C=O) groups is 1. The molecule has 0 aliphatic carbocycles. The van der Waals surface area contributed by atoms with Crippen LogP contribution in [0.4, 0.5) is 0 Å². The van der Waals surface area contributed by atoms with Gasteiger partial charge in [-0.1, -0.05) is 108 Å². The van der Waals surface area contributed by atoms with E-state index in [1.807, 2.05) is 67.6 Å². The highest BCUT2D eigenvalue weighted by Crippen LogP contribution is 2.26. The molecule has 38 heavy (non-hydrogen) atoms. The van der Waals surface area contributed by atoms with Crippen LogP contribution in [0.25, 0.3) is 0 Å². The van der Waals surface area contributed by atoms with Gasteiger partial charge in [0.1, 0.15) is 0 Å². The molecule has 0 aliphatic heterocycles. The Bertz CT molecular complexity index is 1440. The van der Waals surface area contributed by atoms with Crippen molar-refractivity contribution in [2.75, 3.05) is 6.54 Å². The predicted octanol–water partition coefficient (Wildman–Crippen LogP) is 6.72. The molecule has 4 aromatic rings. The van der Waals surface area contributed by atoms with Crippen LogP contribution in [0.5, 0.6) is 0 Å². The summed E-state index contributed by atoms with van der Waals surface area (Å²) in [6.45, 7) is 2.14. The Morgan fingerprint density at radius 2 is 1.29 bits per heavy atom. The molecule has 0 saturated heterocycles. The molecule has 0 fully saturated rings. The highest BCUT2D eigenvalue weighted by Gasteiger charge is 2.29. The number of nitrogens with zero attached hydrogens (tertiary/aromatic N) is 2. The van der Waals surface area contributed by atoms with Crippen molar-refractivity contribution in [1.82, 2.24) is 9.21 Å². The van der Waals surface area contributed by atoms with Crippen molar-refractivity contribution in [3.05, 3.63) is 135 Å². The SMILES string of the molecule is Cc1ccc(S(=O)(=O)N(CC(=O)N(Cc2ccccc2)Cc2ccccc2)Cc2ccc(Cl)cc2Cl)cc1. The van der Waals surface area contributed by atoms with E-state index in [1.54, 1.807) is 47.4 Å². The second kappa shape index (κ2) is 12.6. The molecular formula is C30H28Cl2N2O3S. The van der Waals surface area contributed by atoms with E-state index in [0.29, 0.717) is 28.7 Å². The number of amides is 1. The van der Waals surface area contributed by atoms with E-state index >= 15 is 0 Å². The Labute approximate surface area is 234 Å². The summed E-state index contributed by atoms with van der Waals surface area (Å²) in [7, 11) is -4.02. The second-order valence-corrected chi connectivity index (χ2v) is 11.8. The maximum atomic E-state index is 13.8. The summed E-state index contributed by atoms with van der Waals surface area (Å²) in [5.41, 5.74) is 3.39. The average Bonchev–Trinajstić information content (AvgIpc) is 2.90. The van der Waals surface area contributed by atoms with Gasteiger partial charge in [-0.15, -0.1) is 0 Å². The molecule has 0 saturated carbocycles. The topological polar surface area (TPSA) is 57.7 Å².